The number of carbonyl (C=O) groups is 1. The average Bonchev–Trinajstić information content (AvgIpc) is 3.26. The molecule has 6 heteroatoms. The molecule has 1 aliphatic carbocycles. The van der Waals surface area contributed by atoms with E-state index in [1.165, 1.54) is 0 Å². The number of benzene rings is 1. The van der Waals surface area contributed by atoms with E-state index in [1.807, 2.05) is 37.3 Å². The van der Waals surface area contributed by atoms with Gasteiger partial charge in [0, 0.05) is 17.5 Å². The Hall–Kier alpha value is -2.89. The van der Waals surface area contributed by atoms with Gasteiger partial charge in [-0.2, -0.15) is 5.10 Å². The molecule has 4 rings (SSSR count). The van der Waals surface area contributed by atoms with Crippen molar-refractivity contribution in [3.63, 3.8) is 0 Å². The van der Waals surface area contributed by atoms with Crippen molar-refractivity contribution >= 4 is 11.7 Å². The lowest BCUT2D eigenvalue weighted by molar-refractivity contribution is 0.0987. The molecule has 1 fully saturated rings. The Bertz CT molecular complexity index is 891. The van der Waals surface area contributed by atoms with E-state index in [0.29, 0.717) is 17.4 Å². The van der Waals surface area contributed by atoms with Gasteiger partial charge in [-0.15, -0.1) is 0 Å². The van der Waals surface area contributed by atoms with Gasteiger partial charge in [0.15, 0.2) is 0 Å². The van der Waals surface area contributed by atoms with Gasteiger partial charge in [0.1, 0.15) is 5.82 Å². The molecule has 0 unspecified atom stereocenters. The number of nitrogens with zero attached hydrogens (tertiary/aromatic N) is 3. The zero-order valence-electron chi connectivity index (χ0n) is 13.6. The van der Waals surface area contributed by atoms with Crippen LogP contribution in [0.4, 0.5) is 5.82 Å². The highest BCUT2D eigenvalue weighted by Crippen LogP contribution is 2.43. The third-order valence-corrected chi connectivity index (χ3v) is 4.21. The van der Waals surface area contributed by atoms with E-state index in [2.05, 4.69) is 10.5 Å². The van der Waals surface area contributed by atoms with Gasteiger partial charge in [0.05, 0.1) is 17.1 Å². The van der Waals surface area contributed by atoms with Crippen molar-refractivity contribution in [2.75, 3.05) is 5.32 Å². The normalized spacial score (nSPS) is 13.9. The summed E-state index contributed by atoms with van der Waals surface area (Å²) in [6.45, 7) is 3.78. The molecule has 1 saturated carbocycles. The lowest BCUT2D eigenvalue weighted by Crippen LogP contribution is -2.15. The maximum Gasteiger partial charge on any atom is 0.295 e. The Kier molecular flexibility index (Phi) is 3.45. The zero-order chi connectivity index (χ0) is 16.7. The summed E-state index contributed by atoms with van der Waals surface area (Å²) in [5, 5.41) is 11.5. The van der Waals surface area contributed by atoms with Crippen LogP contribution in [0.1, 0.15) is 46.3 Å². The smallest absolute Gasteiger partial charge is 0.295 e. The molecule has 1 N–H and O–H groups in total. The number of hydrogen-bond donors (Lipinski definition) is 1. The molecule has 3 aromatic rings. The van der Waals surface area contributed by atoms with E-state index in [4.69, 9.17) is 9.62 Å². The van der Waals surface area contributed by atoms with Gasteiger partial charge in [-0.1, -0.05) is 23.4 Å². The fraction of sp³-hybridized carbons (Fsp3) is 0.278. The van der Waals surface area contributed by atoms with E-state index >= 15 is 0 Å². The number of hydrogen-bond acceptors (Lipinski definition) is 4. The molecule has 2 aromatic heterocycles. The van der Waals surface area contributed by atoms with E-state index in [0.717, 1.165) is 29.8 Å². The number of para-hydroxylation sites is 1. The highest BCUT2D eigenvalue weighted by atomic mass is 16.5. The maximum absolute atomic E-state index is 12.5. The van der Waals surface area contributed by atoms with Gasteiger partial charge >= 0.3 is 0 Å². The first-order valence-corrected chi connectivity index (χ1v) is 8.03. The van der Waals surface area contributed by atoms with Crippen molar-refractivity contribution in [3.8, 4) is 5.69 Å². The van der Waals surface area contributed by atoms with Crippen molar-refractivity contribution in [3.05, 3.63) is 59.1 Å². The first-order valence-electron chi connectivity index (χ1n) is 8.03. The molecular weight excluding hydrogens is 304 g/mol. The topological polar surface area (TPSA) is 73.0 Å². The number of amides is 1. The Labute approximate surface area is 139 Å². The quantitative estimate of drug-likeness (QED) is 0.796. The standard InChI is InChI=1S/C18H18N4O2/c1-11-10-15(24-21-11)18(23)19-17-12(2)16(13-8-9-13)20-22(17)14-6-4-3-5-7-14/h3-7,10,13H,8-9H2,1-2H3,(H,19,23). The number of rotatable bonds is 4. The molecule has 24 heavy (non-hydrogen) atoms. The van der Waals surface area contributed by atoms with E-state index in [-0.39, 0.29) is 11.7 Å². The highest BCUT2D eigenvalue weighted by molar-refractivity contribution is 6.02. The minimum absolute atomic E-state index is 0.195. The van der Waals surface area contributed by atoms with Crippen LogP contribution in [0.3, 0.4) is 0 Å². The summed E-state index contributed by atoms with van der Waals surface area (Å²) in [5.74, 6) is 1.05. The molecule has 0 spiro atoms. The summed E-state index contributed by atoms with van der Waals surface area (Å²) in [6, 6.07) is 11.4. The molecule has 6 nitrogen and oxygen atoms in total. The first-order chi connectivity index (χ1) is 11.6. The molecule has 122 valence electrons. The molecule has 0 saturated heterocycles. The van der Waals surface area contributed by atoms with Gasteiger partial charge in [-0.3, -0.25) is 4.79 Å². The fourth-order valence-electron chi connectivity index (χ4n) is 2.80. The largest absolute Gasteiger partial charge is 0.351 e. The summed E-state index contributed by atoms with van der Waals surface area (Å²) in [4.78, 5) is 12.5. The lowest BCUT2D eigenvalue weighted by atomic mass is 10.2. The number of anilines is 1. The fourth-order valence-corrected chi connectivity index (χ4v) is 2.80. The van der Waals surface area contributed by atoms with Crippen LogP contribution in [-0.4, -0.2) is 20.8 Å². The third-order valence-electron chi connectivity index (χ3n) is 4.21. The van der Waals surface area contributed by atoms with Gasteiger partial charge in [-0.25, -0.2) is 4.68 Å². The van der Waals surface area contributed by atoms with Crippen molar-refractivity contribution in [1.82, 2.24) is 14.9 Å². The van der Waals surface area contributed by atoms with Crippen LogP contribution in [-0.2, 0) is 0 Å². The van der Waals surface area contributed by atoms with Crippen LogP contribution in [0.5, 0.6) is 0 Å². The minimum Gasteiger partial charge on any atom is -0.351 e. The van der Waals surface area contributed by atoms with Crippen molar-refractivity contribution in [2.45, 2.75) is 32.6 Å². The summed E-state index contributed by atoms with van der Waals surface area (Å²) in [7, 11) is 0. The first kappa shape index (κ1) is 14.7. The highest BCUT2D eigenvalue weighted by Gasteiger charge is 2.31. The van der Waals surface area contributed by atoms with Gasteiger partial charge in [-0.05, 0) is 38.8 Å². The second kappa shape index (κ2) is 5.63. The monoisotopic (exact) mass is 322 g/mol. The summed E-state index contributed by atoms with van der Waals surface area (Å²) in [5.41, 5.74) is 3.65. The Morgan fingerprint density at radius 2 is 2.00 bits per heavy atom. The van der Waals surface area contributed by atoms with E-state index in [9.17, 15) is 4.79 Å². The predicted molar refractivity (Wildman–Crippen MR) is 89.5 cm³/mol. The van der Waals surface area contributed by atoms with Crippen molar-refractivity contribution in [1.29, 1.82) is 0 Å². The number of aryl methyl sites for hydroxylation is 1. The van der Waals surface area contributed by atoms with Crippen LogP contribution in [0, 0.1) is 13.8 Å². The lowest BCUT2D eigenvalue weighted by Gasteiger charge is -2.08. The van der Waals surface area contributed by atoms with Gasteiger partial charge in [0.2, 0.25) is 5.76 Å². The van der Waals surface area contributed by atoms with Crippen molar-refractivity contribution in [2.24, 2.45) is 0 Å². The molecular formula is C18H18N4O2. The Morgan fingerprint density at radius 3 is 2.62 bits per heavy atom. The molecule has 0 radical (unpaired) electrons. The maximum atomic E-state index is 12.5. The molecule has 1 aromatic carbocycles. The predicted octanol–water partition coefficient (Wildman–Crippen LogP) is 3.61. The summed E-state index contributed by atoms with van der Waals surface area (Å²) >= 11 is 0. The van der Waals surface area contributed by atoms with Crippen LogP contribution < -0.4 is 5.32 Å². The average molecular weight is 322 g/mol. The zero-order valence-corrected chi connectivity index (χ0v) is 13.6. The molecule has 0 aliphatic heterocycles. The molecule has 0 bridgehead atoms. The SMILES string of the molecule is Cc1cc(C(=O)Nc2c(C)c(C3CC3)nn2-c2ccccc2)on1. The summed E-state index contributed by atoms with van der Waals surface area (Å²) < 4.78 is 6.85. The van der Waals surface area contributed by atoms with E-state index in [1.54, 1.807) is 17.7 Å². The Balaban J connectivity index is 1.74. The number of carbonyl (C=O) groups excluding carboxylic acids is 1. The number of nitrogens with one attached hydrogen (secondary N) is 1. The van der Waals surface area contributed by atoms with Crippen LogP contribution in [0.15, 0.2) is 40.9 Å². The molecule has 1 aliphatic rings. The molecule has 2 heterocycles. The van der Waals surface area contributed by atoms with Gasteiger partial charge < -0.3 is 9.84 Å². The summed E-state index contributed by atoms with van der Waals surface area (Å²) in [6.07, 6.45) is 2.31. The van der Waals surface area contributed by atoms with Gasteiger partial charge in [0.25, 0.3) is 5.91 Å². The van der Waals surface area contributed by atoms with Crippen LogP contribution in [0.2, 0.25) is 0 Å². The second-order valence-corrected chi connectivity index (χ2v) is 6.17. The minimum atomic E-state index is -0.321. The van der Waals surface area contributed by atoms with Crippen LogP contribution >= 0.6 is 0 Å². The third kappa shape index (κ3) is 2.60. The Morgan fingerprint density at radius 1 is 1.25 bits per heavy atom. The van der Waals surface area contributed by atoms with E-state index < -0.39 is 0 Å². The molecule has 1 amide bonds. The van der Waals surface area contributed by atoms with Crippen LogP contribution in [0.25, 0.3) is 5.69 Å². The number of aromatic nitrogens is 3. The van der Waals surface area contributed by atoms with Crippen molar-refractivity contribution < 1.29 is 9.32 Å². The second-order valence-electron chi connectivity index (χ2n) is 6.17. The molecule has 0 atom stereocenters.